The first-order chi connectivity index (χ1) is 15.5. The normalized spacial score (nSPS) is 12.6. The summed E-state index contributed by atoms with van der Waals surface area (Å²) < 4.78 is 7.74. The van der Waals surface area contributed by atoms with Crippen LogP contribution in [-0.4, -0.2) is 41.0 Å². The average molecular weight is 464 g/mol. The highest BCUT2D eigenvalue weighted by atomic mass is 32.1. The van der Waals surface area contributed by atoms with Crippen molar-refractivity contribution in [3.8, 4) is 17.1 Å². The van der Waals surface area contributed by atoms with Gasteiger partial charge in [0, 0.05) is 24.2 Å². The van der Waals surface area contributed by atoms with Gasteiger partial charge in [-0.3, -0.25) is 0 Å². The Kier molecular flexibility index (Phi) is 5.73. The van der Waals surface area contributed by atoms with E-state index in [0.29, 0.717) is 0 Å². The molecule has 0 aliphatic heterocycles. The number of ether oxygens (including phenoxy) is 1. The van der Waals surface area contributed by atoms with Gasteiger partial charge in [0.1, 0.15) is 5.75 Å². The maximum absolute atomic E-state index is 5.86. The molecular weight excluding hydrogens is 430 g/mol. The van der Waals surface area contributed by atoms with Gasteiger partial charge in [0.05, 0.1) is 23.4 Å². The average Bonchev–Trinajstić information content (AvgIpc) is 3.40. The second-order valence-electron chi connectivity index (χ2n) is 9.13. The smallest absolute Gasteiger partial charge is 0.189 e. The van der Waals surface area contributed by atoms with Gasteiger partial charge in [0.15, 0.2) is 11.5 Å². The van der Waals surface area contributed by atoms with Crippen LogP contribution in [0.1, 0.15) is 50.9 Å². The summed E-state index contributed by atoms with van der Waals surface area (Å²) in [5, 5.41) is 16.5. The maximum atomic E-state index is 5.86. The molecule has 1 aromatic carbocycles. The van der Waals surface area contributed by atoms with Gasteiger partial charge < -0.3 is 9.64 Å². The third-order valence-corrected chi connectivity index (χ3v) is 8.76. The van der Waals surface area contributed by atoms with Crippen LogP contribution < -0.4 is 14.9 Å². The molecule has 0 atom stereocenters. The summed E-state index contributed by atoms with van der Waals surface area (Å²) >= 11 is 1.82. The first-order valence-corrected chi connectivity index (χ1v) is 12.0. The molecule has 33 heavy (non-hydrogen) atoms. The number of thiophene rings is 1. The number of aryl methyl sites for hydroxylation is 1. The molecule has 3 aromatic heterocycles. The minimum atomic E-state index is 0.723. The van der Waals surface area contributed by atoms with Crippen LogP contribution in [0.25, 0.3) is 22.6 Å². The standard InChI is InChI=1S/C26H33N5OS/c1-12-13(2)15(4)22(32-11)21(14(12)3)25-28-27-24-20(19(8)29-31(24)25)18(7)23-16(5)17(6)26(33-23)30(9)10/h1-11H3/b20-18-. The van der Waals surface area contributed by atoms with Crippen molar-refractivity contribution >= 4 is 27.6 Å². The van der Waals surface area contributed by atoms with Crippen molar-refractivity contribution in [1.82, 2.24) is 19.8 Å². The molecule has 0 aliphatic carbocycles. The Hall–Kier alpha value is -2.93. The maximum Gasteiger partial charge on any atom is 0.189 e. The predicted molar refractivity (Wildman–Crippen MR) is 138 cm³/mol. The number of anilines is 1. The number of hydrogen-bond acceptors (Lipinski definition) is 6. The van der Waals surface area contributed by atoms with Gasteiger partial charge in [0.2, 0.25) is 0 Å². The summed E-state index contributed by atoms with van der Waals surface area (Å²) in [5.74, 6) is 1.56. The van der Waals surface area contributed by atoms with E-state index in [1.54, 1.807) is 7.11 Å². The highest BCUT2D eigenvalue weighted by Gasteiger charge is 2.24. The molecule has 0 unspecified atom stereocenters. The lowest BCUT2D eigenvalue weighted by Crippen LogP contribution is -2.08. The quantitative estimate of drug-likeness (QED) is 0.425. The number of aromatic nitrogens is 4. The van der Waals surface area contributed by atoms with Gasteiger partial charge in [0.25, 0.3) is 0 Å². The van der Waals surface area contributed by atoms with Crippen LogP contribution in [0, 0.1) is 48.5 Å². The fourth-order valence-electron chi connectivity index (χ4n) is 4.77. The second kappa shape index (κ2) is 8.13. The summed E-state index contributed by atoms with van der Waals surface area (Å²) in [7, 11) is 5.91. The van der Waals surface area contributed by atoms with Gasteiger partial charge in [-0.15, -0.1) is 21.5 Å². The Morgan fingerprint density at radius 3 is 2.06 bits per heavy atom. The van der Waals surface area contributed by atoms with Crippen LogP contribution in [0.4, 0.5) is 5.00 Å². The van der Waals surface area contributed by atoms with Gasteiger partial charge in [-0.1, -0.05) is 0 Å². The monoisotopic (exact) mass is 463 g/mol. The van der Waals surface area contributed by atoms with Crippen LogP contribution >= 0.6 is 11.3 Å². The number of hydrogen-bond donors (Lipinski definition) is 0. The summed E-state index contributed by atoms with van der Waals surface area (Å²) in [4.78, 5) is 3.46. The minimum Gasteiger partial charge on any atom is -0.496 e. The van der Waals surface area contributed by atoms with E-state index in [2.05, 4.69) is 84.6 Å². The molecule has 0 amide bonds. The van der Waals surface area contributed by atoms with E-state index < -0.39 is 0 Å². The highest BCUT2D eigenvalue weighted by Crippen LogP contribution is 2.40. The van der Waals surface area contributed by atoms with E-state index >= 15 is 0 Å². The van der Waals surface area contributed by atoms with Crippen LogP contribution in [0.5, 0.6) is 5.75 Å². The number of nitrogens with zero attached hydrogens (tertiary/aromatic N) is 5. The summed E-state index contributed by atoms with van der Waals surface area (Å²) in [5.41, 5.74) is 11.3. The van der Waals surface area contributed by atoms with Crippen molar-refractivity contribution in [1.29, 1.82) is 0 Å². The molecule has 0 aliphatic rings. The van der Waals surface area contributed by atoms with Crippen LogP contribution in [0.2, 0.25) is 0 Å². The zero-order chi connectivity index (χ0) is 24.4. The molecule has 0 spiro atoms. The van der Waals surface area contributed by atoms with Crippen molar-refractivity contribution in [3.05, 3.63) is 49.2 Å². The Bertz CT molecular complexity index is 1460. The first-order valence-electron chi connectivity index (χ1n) is 11.2. The lowest BCUT2D eigenvalue weighted by molar-refractivity contribution is 0.412. The Labute approximate surface area is 199 Å². The topological polar surface area (TPSA) is 55.6 Å². The number of methoxy groups -OCH3 is 1. The SMILES string of the molecule is COc1c(C)c(C)c(C)c(C)c1-c1nnc2/c(=C(/C)c3sc(N(C)C)c(C)c3C)c(C)nn12. The third kappa shape index (κ3) is 3.32. The van der Waals surface area contributed by atoms with E-state index in [4.69, 9.17) is 9.84 Å². The van der Waals surface area contributed by atoms with E-state index in [1.165, 1.54) is 37.7 Å². The Balaban J connectivity index is 2.04. The summed E-state index contributed by atoms with van der Waals surface area (Å²) in [6.07, 6.45) is 0. The number of fused-ring (bicyclic) bond motifs is 1. The number of benzene rings is 1. The lowest BCUT2D eigenvalue weighted by Gasteiger charge is -2.18. The molecule has 0 N–H and O–H groups in total. The van der Waals surface area contributed by atoms with Crippen LogP contribution in [-0.2, 0) is 0 Å². The predicted octanol–water partition coefficient (Wildman–Crippen LogP) is 5.02. The summed E-state index contributed by atoms with van der Waals surface area (Å²) in [6.45, 7) is 17.1. The van der Waals surface area contributed by atoms with Gasteiger partial charge in [-0.05, 0) is 94.3 Å². The summed E-state index contributed by atoms with van der Waals surface area (Å²) in [6, 6.07) is 0. The van der Waals surface area contributed by atoms with Gasteiger partial charge in [-0.25, -0.2) is 0 Å². The highest BCUT2D eigenvalue weighted by molar-refractivity contribution is 7.17. The van der Waals surface area contributed by atoms with E-state index in [9.17, 15) is 0 Å². The molecule has 0 fully saturated rings. The molecule has 6 nitrogen and oxygen atoms in total. The zero-order valence-corrected chi connectivity index (χ0v) is 22.4. The molecule has 0 radical (unpaired) electrons. The molecular formula is C26H33N5OS. The van der Waals surface area contributed by atoms with Gasteiger partial charge >= 0.3 is 0 Å². The van der Waals surface area contributed by atoms with Crippen molar-refractivity contribution in [2.75, 3.05) is 26.1 Å². The van der Waals surface area contributed by atoms with E-state index in [-0.39, 0.29) is 0 Å². The molecule has 174 valence electrons. The second-order valence-corrected chi connectivity index (χ2v) is 10.1. The molecule has 7 heteroatoms. The molecule has 0 bridgehead atoms. The van der Waals surface area contributed by atoms with Crippen molar-refractivity contribution in [2.45, 2.75) is 55.4 Å². The van der Waals surface area contributed by atoms with Crippen molar-refractivity contribution < 1.29 is 4.74 Å². The molecule has 4 aromatic rings. The van der Waals surface area contributed by atoms with Crippen LogP contribution in [0.3, 0.4) is 0 Å². The number of rotatable bonds is 4. The largest absolute Gasteiger partial charge is 0.496 e. The molecule has 0 saturated heterocycles. The van der Waals surface area contributed by atoms with Crippen LogP contribution in [0.15, 0.2) is 0 Å². The Morgan fingerprint density at radius 1 is 0.848 bits per heavy atom. The first kappa shape index (κ1) is 23.2. The molecule has 0 saturated carbocycles. The fourth-order valence-corrected chi connectivity index (χ4v) is 6.01. The van der Waals surface area contributed by atoms with E-state index in [0.717, 1.165) is 44.8 Å². The molecule has 4 rings (SSSR count). The lowest BCUT2D eigenvalue weighted by atomic mass is 9.93. The van der Waals surface area contributed by atoms with Crippen molar-refractivity contribution in [3.63, 3.8) is 0 Å². The minimum absolute atomic E-state index is 0.723. The third-order valence-electron chi connectivity index (χ3n) is 7.08. The van der Waals surface area contributed by atoms with Crippen molar-refractivity contribution in [2.24, 2.45) is 0 Å². The molecule has 3 heterocycles. The Morgan fingerprint density at radius 2 is 1.48 bits per heavy atom. The zero-order valence-electron chi connectivity index (χ0n) is 21.6. The fraction of sp³-hybridized carbons (Fsp3) is 0.423. The van der Waals surface area contributed by atoms with E-state index in [1.807, 2.05) is 15.9 Å². The van der Waals surface area contributed by atoms with Gasteiger partial charge in [-0.2, -0.15) is 9.61 Å².